The number of nitrogens with one attached hydrogen (secondary N) is 1. The normalized spacial score (nSPS) is 12.6. The first kappa shape index (κ1) is 14.7. The van der Waals surface area contributed by atoms with Gasteiger partial charge in [0.1, 0.15) is 17.5 Å². The van der Waals surface area contributed by atoms with Gasteiger partial charge in [-0.25, -0.2) is 9.97 Å². The third-order valence-corrected chi connectivity index (χ3v) is 3.32. The molecule has 0 saturated carbocycles. The van der Waals surface area contributed by atoms with Gasteiger partial charge in [-0.05, 0) is 26.2 Å². The van der Waals surface area contributed by atoms with E-state index in [4.69, 9.17) is 0 Å². The SMILES string of the molecule is CCCNc1cc(N(C)C(C)C(C)C)nc(C)n1. The molecule has 1 atom stereocenters. The molecule has 4 nitrogen and oxygen atoms in total. The molecule has 1 N–H and O–H groups in total. The van der Waals surface area contributed by atoms with Crippen molar-refractivity contribution in [2.45, 2.75) is 47.1 Å². The molecule has 0 saturated heterocycles. The molecular weight excluding hydrogens is 224 g/mol. The minimum atomic E-state index is 0.457. The van der Waals surface area contributed by atoms with Crippen molar-refractivity contribution in [1.29, 1.82) is 0 Å². The maximum absolute atomic E-state index is 4.52. The number of hydrogen-bond acceptors (Lipinski definition) is 4. The fourth-order valence-electron chi connectivity index (χ4n) is 1.73. The van der Waals surface area contributed by atoms with Crippen LogP contribution in [0.15, 0.2) is 6.07 Å². The lowest BCUT2D eigenvalue weighted by Crippen LogP contribution is -2.34. The van der Waals surface area contributed by atoms with E-state index in [0.717, 1.165) is 30.4 Å². The van der Waals surface area contributed by atoms with E-state index in [1.807, 2.05) is 13.0 Å². The monoisotopic (exact) mass is 250 g/mol. The summed E-state index contributed by atoms with van der Waals surface area (Å²) in [6.45, 7) is 11.7. The highest BCUT2D eigenvalue weighted by atomic mass is 15.2. The lowest BCUT2D eigenvalue weighted by Gasteiger charge is -2.29. The molecule has 0 aliphatic heterocycles. The molecular formula is C14H26N4. The first-order chi connectivity index (χ1) is 8.45. The minimum absolute atomic E-state index is 0.457. The first-order valence-electron chi connectivity index (χ1n) is 6.78. The van der Waals surface area contributed by atoms with E-state index in [9.17, 15) is 0 Å². The smallest absolute Gasteiger partial charge is 0.134 e. The number of nitrogens with zero attached hydrogens (tertiary/aromatic N) is 3. The van der Waals surface area contributed by atoms with E-state index in [0.29, 0.717) is 12.0 Å². The summed E-state index contributed by atoms with van der Waals surface area (Å²) < 4.78 is 0. The zero-order chi connectivity index (χ0) is 13.7. The quantitative estimate of drug-likeness (QED) is 0.842. The molecule has 1 unspecified atom stereocenters. The Kier molecular flexibility index (Phi) is 5.38. The van der Waals surface area contributed by atoms with E-state index in [2.05, 4.69) is 54.9 Å². The Morgan fingerprint density at radius 1 is 1.28 bits per heavy atom. The summed E-state index contributed by atoms with van der Waals surface area (Å²) >= 11 is 0. The van der Waals surface area contributed by atoms with Gasteiger partial charge in [0.05, 0.1) is 0 Å². The molecule has 4 heteroatoms. The van der Waals surface area contributed by atoms with Gasteiger partial charge < -0.3 is 10.2 Å². The van der Waals surface area contributed by atoms with Gasteiger partial charge in [0.15, 0.2) is 0 Å². The highest BCUT2D eigenvalue weighted by Gasteiger charge is 2.15. The van der Waals surface area contributed by atoms with E-state index in [-0.39, 0.29) is 0 Å². The van der Waals surface area contributed by atoms with Crippen LogP contribution in [0.25, 0.3) is 0 Å². The van der Waals surface area contributed by atoms with Crippen molar-refractivity contribution in [1.82, 2.24) is 9.97 Å². The van der Waals surface area contributed by atoms with Gasteiger partial charge >= 0.3 is 0 Å². The second-order valence-corrected chi connectivity index (χ2v) is 5.18. The maximum atomic E-state index is 4.52. The Bertz CT molecular complexity index is 376. The molecule has 0 fully saturated rings. The Morgan fingerprint density at radius 3 is 2.50 bits per heavy atom. The summed E-state index contributed by atoms with van der Waals surface area (Å²) in [6, 6.07) is 2.49. The fourth-order valence-corrected chi connectivity index (χ4v) is 1.73. The summed E-state index contributed by atoms with van der Waals surface area (Å²) in [5.74, 6) is 3.32. The average molecular weight is 250 g/mol. The predicted octanol–water partition coefficient (Wildman–Crippen LogP) is 3.09. The van der Waals surface area contributed by atoms with Crippen LogP contribution in [-0.4, -0.2) is 29.6 Å². The van der Waals surface area contributed by atoms with Gasteiger partial charge in [0, 0.05) is 25.7 Å². The van der Waals surface area contributed by atoms with E-state index >= 15 is 0 Å². The van der Waals surface area contributed by atoms with Crippen molar-refractivity contribution < 1.29 is 0 Å². The van der Waals surface area contributed by atoms with Crippen molar-refractivity contribution in [3.8, 4) is 0 Å². The van der Waals surface area contributed by atoms with Crippen LogP contribution in [0.2, 0.25) is 0 Å². The molecule has 0 spiro atoms. The standard InChI is InChI=1S/C14H26N4/c1-7-8-15-13-9-14(17-12(5)16-13)18(6)11(4)10(2)3/h9-11H,7-8H2,1-6H3,(H,15,16,17). The fraction of sp³-hybridized carbons (Fsp3) is 0.714. The molecule has 1 aromatic rings. The number of hydrogen-bond donors (Lipinski definition) is 1. The van der Waals surface area contributed by atoms with Crippen LogP contribution in [0, 0.1) is 12.8 Å². The largest absolute Gasteiger partial charge is 0.370 e. The van der Waals surface area contributed by atoms with Gasteiger partial charge in [-0.3, -0.25) is 0 Å². The van der Waals surface area contributed by atoms with E-state index in [1.165, 1.54) is 0 Å². The van der Waals surface area contributed by atoms with Crippen LogP contribution in [-0.2, 0) is 0 Å². The Morgan fingerprint density at radius 2 is 1.94 bits per heavy atom. The van der Waals surface area contributed by atoms with Crippen molar-refractivity contribution in [3.63, 3.8) is 0 Å². The third kappa shape index (κ3) is 3.86. The number of rotatable bonds is 6. The van der Waals surface area contributed by atoms with Gasteiger partial charge in [-0.2, -0.15) is 0 Å². The molecule has 0 aromatic carbocycles. The summed E-state index contributed by atoms with van der Waals surface area (Å²) in [5, 5.41) is 3.32. The number of aromatic nitrogens is 2. The van der Waals surface area contributed by atoms with Crippen LogP contribution in [0.1, 0.15) is 39.9 Å². The Balaban J connectivity index is 2.91. The molecule has 0 radical (unpaired) electrons. The number of aryl methyl sites for hydroxylation is 1. The summed E-state index contributed by atoms with van der Waals surface area (Å²) in [5.41, 5.74) is 0. The summed E-state index contributed by atoms with van der Waals surface area (Å²) in [7, 11) is 2.09. The molecule has 102 valence electrons. The van der Waals surface area contributed by atoms with Crippen molar-refractivity contribution in [2.24, 2.45) is 5.92 Å². The van der Waals surface area contributed by atoms with Crippen LogP contribution in [0.3, 0.4) is 0 Å². The van der Waals surface area contributed by atoms with Crippen molar-refractivity contribution in [3.05, 3.63) is 11.9 Å². The second-order valence-electron chi connectivity index (χ2n) is 5.18. The minimum Gasteiger partial charge on any atom is -0.370 e. The van der Waals surface area contributed by atoms with E-state index in [1.54, 1.807) is 0 Å². The maximum Gasteiger partial charge on any atom is 0.134 e. The predicted molar refractivity (Wildman–Crippen MR) is 78.3 cm³/mol. The lowest BCUT2D eigenvalue weighted by atomic mass is 10.1. The molecule has 1 rings (SSSR count). The average Bonchev–Trinajstić information content (AvgIpc) is 2.33. The molecule has 1 heterocycles. The lowest BCUT2D eigenvalue weighted by molar-refractivity contribution is 0.502. The summed E-state index contributed by atoms with van der Waals surface area (Å²) in [6.07, 6.45) is 1.09. The molecule has 0 amide bonds. The van der Waals surface area contributed by atoms with Crippen molar-refractivity contribution >= 4 is 11.6 Å². The summed E-state index contributed by atoms with van der Waals surface area (Å²) in [4.78, 5) is 11.1. The second kappa shape index (κ2) is 6.57. The Hall–Kier alpha value is -1.32. The molecule has 0 aliphatic carbocycles. The van der Waals surface area contributed by atoms with Crippen molar-refractivity contribution in [2.75, 3.05) is 23.8 Å². The van der Waals surface area contributed by atoms with Gasteiger partial charge in [0.2, 0.25) is 0 Å². The van der Waals surface area contributed by atoms with Gasteiger partial charge in [-0.15, -0.1) is 0 Å². The van der Waals surface area contributed by atoms with Crippen LogP contribution >= 0.6 is 0 Å². The van der Waals surface area contributed by atoms with Gasteiger partial charge in [-0.1, -0.05) is 20.8 Å². The Labute approximate surface area is 111 Å². The zero-order valence-electron chi connectivity index (χ0n) is 12.5. The van der Waals surface area contributed by atoms with Crippen LogP contribution < -0.4 is 10.2 Å². The molecule has 1 aromatic heterocycles. The topological polar surface area (TPSA) is 41.0 Å². The highest BCUT2D eigenvalue weighted by molar-refractivity contribution is 5.49. The molecule has 0 bridgehead atoms. The number of anilines is 2. The molecule has 0 aliphatic rings. The third-order valence-electron chi connectivity index (χ3n) is 3.32. The first-order valence-corrected chi connectivity index (χ1v) is 6.78. The van der Waals surface area contributed by atoms with E-state index < -0.39 is 0 Å². The zero-order valence-corrected chi connectivity index (χ0v) is 12.5. The highest BCUT2D eigenvalue weighted by Crippen LogP contribution is 2.19. The van der Waals surface area contributed by atoms with Gasteiger partial charge in [0.25, 0.3) is 0 Å². The van der Waals surface area contributed by atoms with Crippen LogP contribution in [0.4, 0.5) is 11.6 Å². The molecule has 18 heavy (non-hydrogen) atoms. The van der Waals surface area contributed by atoms with Crippen LogP contribution in [0.5, 0.6) is 0 Å².